The standard InChI is InChI=1S/C35H54O5Si/c1-32(2,3)41(7,8)40-27-18-17-24-28-29(26(20-35(24,27)22-36)37-21-23-14-10-9-11-15-23)34(6)19-13-12-16-25(34)30-31(28)39-33(4,5)38-30/h9-11,14-15,22,24-31H,12-13,16-21H2,1-8H3/t24?,25?,26?,27-,28?,29?,30+,31+,34-,35+/m0/s1. The summed E-state index contributed by atoms with van der Waals surface area (Å²) in [5.74, 6) is 0.617. The molecule has 5 aliphatic rings. The maximum absolute atomic E-state index is 13.6. The fourth-order valence-electron chi connectivity index (χ4n) is 9.83. The molecule has 1 aliphatic heterocycles. The molecule has 6 heteroatoms. The molecule has 5 nitrogen and oxygen atoms in total. The van der Waals surface area contributed by atoms with Crippen LogP contribution in [0.3, 0.4) is 0 Å². The van der Waals surface area contributed by atoms with Crippen molar-refractivity contribution >= 4 is 14.6 Å². The van der Waals surface area contributed by atoms with Crippen molar-refractivity contribution in [2.75, 3.05) is 0 Å². The predicted molar refractivity (Wildman–Crippen MR) is 164 cm³/mol. The molecule has 1 saturated heterocycles. The number of benzene rings is 1. The van der Waals surface area contributed by atoms with Crippen molar-refractivity contribution in [3.05, 3.63) is 35.9 Å². The molecule has 0 N–H and O–H groups in total. The summed E-state index contributed by atoms with van der Waals surface area (Å²) in [6.07, 6.45) is 8.87. The van der Waals surface area contributed by atoms with Gasteiger partial charge in [0, 0.05) is 0 Å². The van der Waals surface area contributed by atoms with Crippen molar-refractivity contribution in [2.24, 2.45) is 34.5 Å². The molecule has 0 amide bonds. The van der Waals surface area contributed by atoms with Crippen LogP contribution < -0.4 is 0 Å². The quantitative estimate of drug-likeness (QED) is 0.252. The van der Waals surface area contributed by atoms with Crippen LogP contribution in [0.4, 0.5) is 0 Å². The first-order chi connectivity index (χ1) is 19.2. The number of hydrogen-bond acceptors (Lipinski definition) is 5. The molecule has 228 valence electrons. The van der Waals surface area contributed by atoms with Gasteiger partial charge in [0.1, 0.15) is 6.29 Å². The minimum Gasteiger partial charge on any atom is -0.413 e. The molecule has 0 radical (unpaired) electrons. The van der Waals surface area contributed by atoms with E-state index in [4.69, 9.17) is 18.6 Å². The molecular formula is C35H54O5Si. The van der Waals surface area contributed by atoms with Gasteiger partial charge in [0.2, 0.25) is 0 Å². The van der Waals surface area contributed by atoms with Crippen molar-refractivity contribution in [3.8, 4) is 0 Å². The molecule has 5 fully saturated rings. The Morgan fingerprint density at radius 3 is 2.37 bits per heavy atom. The van der Waals surface area contributed by atoms with Crippen molar-refractivity contribution in [2.45, 2.75) is 141 Å². The predicted octanol–water partition coefficient (Wildman–Crippen LogP) is 7.92. The van der Waals surface area contributed by atoms with Crippen LogP contribution in [0.25, 0.3) is 0 Å². The molecule has 1 aromatic rings. The first kappa shape index (κ1) is 30.0. The summed E-state index contributed by atoms with van der Waals surface area (Å²) >= 11 is 0. The first-order valence-electron chi connectivity index (χ1n) is 16.4. The van der Waals surface area contributed by atoms with Crippen LogP contribution in [-0.4, -0.2) is 44.8 Å². The number of carbonyl (C=O) groups is 1. The Bertz CT molecular complexity index is 1110. The van der Waals surface area contributed by atoms with E-state index in [-0.39, 0.29) is 46.7 Å². The molecule has 41 heavy (non-hydrogen) atoms. The van der Waals surface area contributed by atoms with Crippen molar-refractivity contribution in [1.82, 2.24) is 0 Å². The average Bonchev–Trinajstić information content (AvgIpc) is 3.43. The lowest BCUT2D eigenvalue weighted by Crippen LogP contribution is -2.67. The van der Waals surface area contributed by atoms with Gasteiger partial charge in [-0.15, -0.1) is 0 Å². The highest BCUT2D eigenvalue weighted by molar-refractivity contribution is 6.74. The lowest BCUT2D eigenvalue weighted by Gasteiger charge is -2.64. The van der Waals surface area contributed by atoms with E-state index in [0.717, 1.165) is 19.3 Å². The maximum atomic E-state index is 13.6. The monoisotopic (exact) mass is 582 g/mol. The zero-order chi connectivity index (χ0) is 29.4. The van der Waals surface area contributed by atoms with Crippen LogP contribution in [0.2, 0.25) is 18.1 Å². The Morgan fingerprint density at radius 1 is 0.976 bits per heavy atom. The lowest BCUT2D eigenvalue weighted by atomic mass is 9.43. The van der Waals surface area contributed by atoms with Gasteiger partial charge in [-0.3, -0.25) is 0 Å². The van der Waals surface area contributed by atoms with Crippen LogP contribution in [0, 0.1) is 34.5 Å². The van der Waals surface area contributed by atoms with Gasteiger partial charge in [-0.1, -0.05) is 70.9 Å². The van der Waals surface area contributed by atoms with Crippen molar-refractivity contribution in [3.63, 3.8) is 0 Å². The van der Waals surface area contributed by atoms with E-state index < -0.39 is 19.5 Å². The van der Waals surface area contributed by atoms with E-state index >= 15 is 0 Å². The zero-order valence-corrected chi connectivity index (χ0v) is 27.8. The van der Waals surface area contributed by atoms with Crippen LogP contribution in [0.5, 0.6) is 0 Å². The summed E-state index contributed by atoms with van der Waals surface area (Å²) in [6.45, 7) is 18.8. The van der Waals surface area contributed by atoms with Crippen LogP contribution in [0.1, 0.15) is 92.1 Å². The highest BCUT2D eigenvalue weighted by atomic mass is 28.4. The minimum atomic E-state index is -2.09. The molecule has 4 aliphatic carbocycles. The second-order valence-corrected chi connectivity index (χ2v) is 21.1. The fourth-order valence-corrected chi connectivity index (χ4v) is 11.2. The molecule has 0 spiro atoms. The van der Waals surface area contributed by atoms with E-state index in [9.17, 15) is 4.79 Å². The summed E-state index contributed by atoms with van der Waals surface area (Å²) in [5, 5.41) is 0.0841. The molecule has 5 unspecified atom stereocenters. The second kappa shape index (κ2) is 10.3. The molecule has 0 bridgehead atoms. The summed E-state index contributed by atoms with van der Waals surface area (Å²) in [4.78, 5) is 13.6. The number of carbonyl (C=O) groups excluding carboxylic acids is 1. The molecule has 6 rings (SSSR count). The third kappa shape index (κ3) is 4.83. The summed E-state index contributed by atoms with van der Waals surface area (Å²) in [7, 11) is -2.09. The van der Waals surface area contributed by atoms with Gasteiger partial charge in [-0.25, -0.2) is 0 Å². The SMILES string of the molecule is CC1(C)O[C@@H]2C3C(C(OCc4ccccc4)C[C@@]4(C=O)C3CC[C@@H]4O[Si](C)(C)C(C)(C)C)[C@@]3(C)CCCCC3[C@H]2O1. The van der Waals surface area contributed by atoms with Crippen molar-refractivity contribution < 1.29 is 23.4 Å². The maximum Gasteiger partial charge on any atom is 0.192 e. The number of hydrogen-bond donors (Lipinski definition) is 0. The van der Waals surface area contributed by atoms with E-state index in [1.807, 2.05) is 0 Å². The fraction of sp³-hybridized carbons (Fsp3) is 0.800. The second-order valence-electron chi connectivity index (χ2n) is 16.3. The molecule has 10 atom stereocenters. The van der Waals surface area contributed by atoms with Gasteiger partial charge in [-0.05, 0) is 98.7 Å². The molecule has 4 saturated carbocycles. The van der Waals surface area contributed by atoms with E-state index in [1.54, 1.807) is 0 Å². The van der Waals surface area contributed by atoms with Gasteiger partial charge >= 0.3 is 0 Å². The Hall–Kier alpha value is -1.05. The smallest absolute Gasteiger partial charge is 0.192 e. The number of rotatable bonds is 6. The highest BCUT2D eigenvalue weighted by Gasteiger charge is 2.72. The summed E-state index contributed by atoms with van der Waals surface area (Å²) in [5.41, 5.74) is 0.728. The van der Waals surface area contributed by atoms with Gasteiger partial charge in [0.15, 0.2) is 14.1 Å². The largest absolute Gasteiger partial charge is 0.413 e. The molecule has 0 aromatic heterocycles. The Kier molecular flexibility index (Phi) is 7.50. The topological polar surface area (TPSA) is 54.0 Å². The van der Waals surface area contributed by atoms with E-state index in [2.05, 4.69) is 85.0 Å². The van der Waals surface area contributed by atoms with Gasteiger partial charge in [0.05, 0.1) is 36.4 Å². The van der Waals surface area contributed by atoms with Gasteiger partial charge in [0.25, 0.3) is 0 Å². The van der Waals surface area contributed by atoms with Crippen LogP contribution in [0.15, 0.2) is 30.3 Å². The lowest BCUT2D eigenvalue weighted by molar-refractivity contribution is -0.230. The van der Waals surface area contributed by atoms with Crippen LogP contribution >= 0.6 is 0 Å². The number of ether oxygens (including phenoxy) is 3. The first-order valence-corrected chi connectivity index (χ1v) is 19.3. The Balaban J connectivity index is 1.44. The highest BCUT2D eigenvalue weighted by Crippen LogP contribution is 2.69. The molecular weight excluding hydrogens is 528 g/mol. The van der Waals surface area contributed by atoms with Gasteiger partial charge in [-0.2, -0.15) is 0 Å². The Labute approximate surface area is 249 Å². The summed E-state index contributed by atoms with van der Waals surface area (Å²) < 4.78 is 27.9. The third-order valence-electron chi connectivity index (χ3n) is 12.7. The van der Waals surface area contributed by atoms with Crippen LogP contribution in [-0.2, 0) is 30.0 Å². The van der Waals surface area contributed by atoms with Crippen molar-refractivity contribution in [1.29, 1.82) is 0 Å². The normalized spacial score (nSPS) is 43.5. The number of fused-ring (bicyclic) bond motifs is 8. The average molecular weight is 583 g/mol. The van der Waals surface area contributed by atoms with E-state index in [1.165, 1.54) is 37.5 Å². The molecule has 1 heterocycles. The zero-order valence-electron chi connectivity index (χ0n) is 26.8. The van der Waals surface area contributed by atoms with Gasteiger partial charge < -0.3 is 23.4 Å². The molecule has 1 aromatic carbocycles. The third-order valence-corrected chi connectivity index (χ3v) is 17.1. The summed E-state index contributed by atoms with van der Waals surface area (Å²) in [6, 6.07) is 10.5. The number of aldehydes is 1. The van der Waals surface area contributed by atoms with E-state index in [0.29, 0.717) is 18.4 Å². The Morgan fingerprint density at radius 2 is 1.68 bits per heavy atom. The minimum absolute atomic E-state index is 0.00903.